The van der Waals surface area contributed by atoms with Crippen molar-refractivity contribution in [3.63, 3.8) is 0 Å². The molecule has 2 aromatic carbocycles. The van der Waals surface area contributed by atoms with Crippen LogP contribution in [0.3, 0.4) is 0 Å². The smallest absolute Gasteiger partial charge is 0.293 e. The van der Waals surface area contributed by atoms with Crippen molar-refractivity contribution in [3.05, 3.63) is 58.1 Å². The molecule has 0 N–H and O–H groups in total. The molecule has 2 aromatic rings. The molecule has 0 amide bonds. The Hall–Kier alpha value is -3.09. The number of hydrogen-bond acceptors (Lipinski definition) is 6. The number of Topliss-reactive ketones (excluding diaryl/α,β-unsaturated/α-hetero) is 1. The highest BCUT2D eigenvalue weighted by molar-refractivity contribution is 5.95. The second-order valence-electron chi connectivity index (χ2n) is 6.19. The van der Waals surface area contributed by atoms with E-state index in [0.29, 0.717) is 24.3 Å². The summed E-state index contributed by atoms with van der Waals surface area (Å²) in [6.45, 7) is 4.23. The van der Waals surface area contributed by atoms with E-state index in [0.717, 1.165) is 24.5 Å². The van der Waals surface area contributed by atoms with Crippen molar-refractivity contribution < 1.29 is 14.5 Å². The second-order valence-corrected chi connectivity index (χ2v) is 6.19. The summed E-state index contributed by atoms with van der Waals surface area (Å²) in [7, 11) is 1.64. The summed E-state index contributed by atoms with van der Waals surface area (Å²) in [6, 6.07) is 12.6. The van der Waals surface area contributed by atoms with Gasteiger partial charge in [0.15, 0.2) is 5.78 Å². The standard InChI is InChI=1S/C19H21N3O4/c1-14(23)15-6-7-18(19(12-15)22(24)25)21-10-8-20(9-11-21)16-4-3-5-17(13-16)26-2/h3-7,12-13H,8-11H2,1-2H3. The van der Waals surface area contributed by atoms with E-state index in [9.17, 15) is 14.9 Å². The van der Waals surface area contributed by atoms with Crippen LogP contribution < -0.4 is 14.5 Å². The lowest BCUT2D eigenvalue weighted by Crippen LogP contribution is -2.46. The zero-order chi connectivity index (χ0) is 18.7. The van der Waals surface area contributed by atoms with Crippen molar-refractivity contribution in [2.24, 2.45) is 0 Å². The lowest BCUT2D eigenvalue weighted by atomic mass is 10.1. The lowest BCUT2D eigenvalue weighted by molar-refractivity contribution is -0.384. The molecule has 0 atom stereocenters. The van der Waals surface area contributed by atoms with Crippen molar-refractivity contribution in [2.45, 2.75) is 6.92 Å². The van der Waals surface area contributed by atoms with Gasteiger partial charge in [-0.3, -0.25) is 14.9 Å². The molecule has 7 nitrogen and oxygen atoms in total. The number of rotatable bonds is 5. The molecule has 136 valence electrons. The fourth-order valence-corrected chi connectivity index (χ4v) is 3.17. The molecule has 0 saturated carbocycles. The molecule has 1 aliphatic heterocycles. The van der Waals surface area contributed by atoms with Gasteiger partial charge in [0, 0.05) is 49.6 Å². The van der Waals surface area contributed by atoms with E-state index in [2.05, 4.69) is 4.90 Å². The topological polar surface area (TPSA) is 75.9 Å². The van der Waals surface area contributed by atoms with E-state index in [4.69, 9.17) is 4.74 Å². The maximum absolute atomic E-state index is 11.5. The minimum absolute atomic E-state index is 0.0208. The van der Waals surface area contributed by atoms with E-state index in [1.807, 2.05) is 29.2 Å². The van der Waals surface area contributed by atoms with Crippen LogP contribution >= 0.6 is 0 Å². The van der Waals surface area contributed by atoms with Gasteiger partial charge >= 0.3 is 0 Å². The second kappa shape index (κ2) is 7.43. The molecule has 1 saturated heterocycles. The van der Waals surface area contributed by atoms with Crippen molar-refractivity contribution >= 4 is 22.8 Å². The summed E-state index contributed by atoms with van der Waals surface area (Å²) in [5.74, 6) is 0.628. The average Bonchev–Trinajstić information content (AvgIpc) is 2.67. The number of nitrogens with zero attached hydrogens (tertiary/aromatic N) is 3. The van der Waals surface area contributed by atoms with Gasteiger partial charge in [0.1, 0.15) is 11.4 Å². The Balaban J connectivity index is 1.77. The summed E-state index contributed by atoms with van der Waals surface area (Å²) in [5, 5.41) is 11.4. The Bertz CT molecular complexity index is 829. The molecule has 26 heavy (non-hydrogen) atoms. The molecule has 0 aliphatic carbocycles. The Kier molecular flexibility index (Phi) is 5.06. The fraction of sp³-hybridized carbons (Fsp3) is 0.316. The van der Waals surface area contributed by atoms with Crippen LogP contribution in [-0.4, -0.2) is 44.0 Å². The molecule has 0 bridgehead atoms. The monoisotopic (exact) mass is 355 g/mol. The van der Waals surface area contributed by atoms with Gasteiger partial charge in [0.25, 0.3) is 5.69 Å². The Morgan fingerprint density at radius 1 is 1.08 bits per heavy atom. The molecular weight excluding hydrogens is 334 g/mol. The van der Waals surface area contributed by atoms with E-state index in [1.54, 1.807) is 19.2 Å². The normalized spacial score (nSPS) is 14.2. The number of ketones is 1. The number of benzene rings is 2. The Labute approximate surface area is 151 Å². The third kappa shape index (κ3) is 3.61. The molecule has 0 unspecified atom stereocenters. The van der Waals surface area contributed by atoms with E-state index in [1.165, 1.54) is 13.0 Å². The summed E-state index contributed by atoms with van der Waals surface area (Å²) < 4.78 is 5.27. The number of ether oxygens (including phenoxy) is 1. The zero-order valence-corrected chi connectivity index (χ0v) is 14.8. The van der Waals surface area contributed by atoms with Crippen LogP contribution in [0.25, 0.3) is 0 Å². The van der Waals surface area contributed by atoms with Crippen LogP contribution in [0.4, 0.5) is 17.1 Å². The first kappa shape index (κ1) is 17.7. The predicted molar refractivity (Wildman–Crippen MR) is 101 cm³/mol. The Morgan fingerprint density at radius 2 is 1.77 bits per heavy atom. The van der Waals surface area contributed by atoms with Gasteiger partial charge in [-0.25, -0.2) is 0 Å². The quantitative estimate of drug-likeness (QED) is 0.466. The molecule has 1 heterocycles. The van der Waals surface area contributed by atoms with E-state index < -0.39 is 4.92 Å². The average molecular weight is 355 g/mol. The van der Waals surface area contributed by atoms with Crippen LogP contribution in [0.1, 0.15) is 17.3 Å². The number of carbonyl (C=O) groups excluding carboxylic acids is 1. The predicted octanol–water partition coefficient (Wildman–Crippen LogP) is 3.13. The molecule has 0 aromatic heterocycles. The van der Waals surface area contributed by atoms with Gasteiger partial charge in [0.05, 0.1) is 12.0 Å². The summed E-state index contributed by atoms with van der Waals surface area (Å²) >= 11 is 0. The van der Waals surface area contributed by atoms with Crippen LogP contribution in [0.15, 0.2) is 42.5 Å². The number of anilines is 2. The lowest BCUT2D eigenvalue weighted by Gasteiger charge is -2.37. The highest BCUT2D eigenvalue weighted by Crippen LogP contribution is 2.31. The zero-order valence-electron chi connectivity index (χ0n) is 14.8. The SMILES string of the molecule is COc1cccc(N2CCN(c3ccc(C(C)=O)cc3[N+](=O)[O-])CC2)c1. The van der Waals surface area contributed by atoms with Gasteiger partial charge in [0.2, 0.25) is 0 Å². The molecular formula is C19H21N3O4. The maximum Gasteiger partial charge on any atom is 0.293 e. The number of nitro benzene ring substituents is 1. The van der Waals surface area contributed by atoms with Crippen LogP contribution in [0.2, 0.25) is 0 Å². The first-order chi connectivity index (χ1) is 12.5. The third-order valence-electron chi connectivity index (χ3n) is 4.62. The van der Waals surface area contributed by atoms with Crippen molar-refractivity contribution in [1.29, 1.82) is 0 Å². The maximum atomic E-state index is 11.5. The molecule has 0 spiro atoms. The molecule has 3 rings (SSSR count). The summed E-state index contributed by atoms with van der Waals surface area (Å²) in [5.41, 5.74) is 1.97. The first-order valence-electron chi connectivity index (χ1n) is 8.43. The molecule has 7 heteroatoms. The number of hydrogen-bond donors (Lipinski definition) is 0. The minimum Gasteiger partial charge on any atom is -0.497 e. The van der Waals surface area contributed by atoms with Gasteiger partial charge in [-0.15, -0.1) is 0 Å². The van der Waals surface area contributed by atoms with Crippen LogP contribution in [0, 0.1) is 10.1 Å². The third-order valence-corrected chi connectivity index (χ3v) is 4.62. The highest BCUT2D eigenvalue weighted by Gasteiger charge is 2.25. The number of nitro groups is 1. The van der Waals surface area contributed by atoms with Crippen molar-refractivity contribution in [1.82, 2.24) is 0 Å². The first-order valence-corrected chi connectivity index (χ1v) is 8.43. The highest BCUT2D eigenvalue weighted by atomic mass is 16.6. The van der Waals surface area contributed by atoms with Gasteiger partial charge in [-0.05, 0) is 31.2 Å². The number of piperazine rings is 1. The fourth-order valence-electron chi connectivity index (χ4n) is 3.17. The van der Waals surface area contributed by atoms with E-state index >= 15 is 0 Å². The molecule has 1 fully saturated rings. The van der Waals surface area contributed by atoms with Crippen molar-refractivity contribution in [3.8, 4) is 5.75 Å². The van der Waals surface area contributed by atoms with Gasteiger partial charge < -0.3 is 14.5 Å². The minimum atomic E-state index is -0.420. The van der Waals surface area contributed by atoms with Crippen LogP contribution in [-0.2, 0) is 0 Å². The van der Waals surface area contributed by atoms with E-state index in [-0.39, 0.29) is 11.5 Å². The molecule has 1 aliphatic rings. The Morgan fingerprint density at radius 3 is 2.38 bits per heavy atom. The van der Waals surface area contributed by atoms with Gasteiger partial charge in [-0.2, -0.15) is 0 Å². The van der Waals surface area contributed by atoms with Gasteiger partial charge in [-0.1, -0.05) is 6.07 Å². The number of methoxy groups -OCH3 is 1. The molecule has 0 radical (unpaired) electrons. The van der Waals surface area contributed by atoms with Crippen molar-refractivity contribution in [2.75, 3.05) is 43.1 Å². The van der Waals surface area contributed by atoms with Crippen LogP contribution in [0.5, 0.6) is 5.75 Å². The summed E-state index contributed by atoms with van der Waals surface area (Å²) in [4.78, 5) is 26.8. The largest absolute Gasteiger partial charge is 0.497 e. The summed E-state index contributed by atoms with van der Waals surface area (Å²) in [6.07, 6.45) is 0. The number of carbonyl (C=O) groups is 1.